The molecule has 0 spiro atoms. The Morgan fingerprint density at radius 2 is 2.38 bits per heavy atom. The first-order chi connectivity index (χ1) is 6.06. The van der Waals surface area contributed by atoms with Crippen molar-refractivity contribution in [2.75, 3.05) is 6.54 Å². The van der Waals surface area contributed by atoms with Crippen molar-refractivity contribution in [3.8, 4) is 0 Å². The third-order valence-corrected chi connectivity index (χ3v) is 2.44. The van der Waals surface area contributed by atoms with Gasteiger partial charge in [0, 0.05) is 13.0 Å². The van der Waals surface area contributed by atoms with Crippen LogP contribution in [0.1, 0.15) is 26.7 Å². The predicted molar refractivity (Wildman–Crippen MR) is 48.8 cm³/mol. The van der Waals surface area contributed by atoms with E-state index in [1.165, 1.54) is 0 Å². The van der Waals surface area contributed by atoms with Crippen molar-refractivity contribution in [1.29, 1.82) is 0 Å². The molecule has 74 valence electrons. The van der Waals surface area contributed by atoms with Crippen molar-refractivity contribution in [2.45, 2.75) is 32.7 Å². The quantitative estimate of drug-likeness (QED) is 0.677. The molecular weight excluding hydrogens is 168 g/mol. The zero-order valence-electron chi connectivity index (χ0n) is 8.12. The Kier molecular flexibility index (Phi) is 2.90. The summed E-state index contributed by atoms with van der Waals surface area (Å²) in [6.07, 6.45) is 1.15. The summed E-state index contributed by atoms with van der Waals surface area (Å²) in [5.74, 6) is 0.00370. The number of primary amides is 1. The number of nitrogens with two attached hydrogens (primary N) is 1. The van der Waals surface area contributed by atoms with Crippen molar-refractivity contribution in [3.05, 3.63) is 0 Å². The summed E-state index contributed by atoms with van der Waals surface area (Å²) in [6, 6.07) is -0.405. The number of nitrogens with zero attached hydrogens (tertiary/aromatic N) is 1. The van der Waals surface area contributed by atoms with Gasteiger partial charge in [0.1, 0.15) is 6.04 Å². The van der Waals surface area contributed by atoms with E-state index in [0.717, 1.165) is 0 Å². The maximum atomic E-state index is 11.4. The second kappa shape index (κ2) is 3.77. The molecule has 2 amide bonds. The normalized spacial score (nSPS) is 24.9. The van der Waals surface area contributed by atoms with E-state index in [1.807, 2.05) is 13.8 Å². The highest BCUT2D eigenvalue weighted by Crippen LogP contribution is 2.20. The van der Waals surface area contributed by atoms with E-state index < -0.39 is 11.9 Å². The average Bonchev–Trinajstić information content (AvgIpc) is 2.31. The van der Waals surface area contributed by atoms with Crippen molar-refractivity contribution >= 4 is 11.8 Å². The van der Waals surface area contributed by atoms with E-state index in [-0.39, 0.29) is 5.91 Å². The van der Waals surface area contributed by atoms with Crippen LogP contribution < -0.4 is 5.73 Å². The molecule has 0 saturated carbocycles. The monoisotopic (exact) mass is 184 g/mol. The molecule has 1 aliphatic heterocycles. The van der Waals surface area contributed by atoms with Crippen molar-refractivity contribution < 1.29 is 9.59 Å². The molecule has 1 rings (SSSR count). The lowest BCUT2D eigenvalue weighted by atomic mass is 10.1. The van der Waals surface area contributed by atoms with E-state index in [2.05, 4.69) is 0 Å². The number of rotatable bonds is 3. The van der Waals surface area contributed by atoms with Gasteiger partial charge in [0.2, 0.25) is 11.8 Å². The molecule has 2 atom stereocenters. The largest absolute Gasteiger partial charge is 0.368 e. The summed E-state index contributed by atoms with van der Waals surface area (Å²) in [7, 11) is 0. The van der Waals surface area contributed by atoms with Gasteiger partial charge in [-0.05, 0) is 12.3 Å². The lowest BCUT2D eigenvalue weighted by Gasteiger charge is -2.23. The van der Waals surface area contributed by atoms with E-state index in [1.54, 1.807) is 4.90 Å². The first kappa shape index (κ1) is 10.0. The predicted octanol–water partition coefficient (Wildman–Crippen LogP) is 0.119. The molecule has 4 nitrogen and oxygen atoms in total. The molecule has 0 aliphatic carbocycles. The fourth-order valence-electron chi connectivity index (χ4n) is 1.79. The minimum absolute atomic E-state index is 0.0538. The summed E-state index contributed by atoms with van der Waals surface area (Å²) in [5.41, 5.74) is 5.20. The van der Waals surface area contributed by atoms with Gasteiger partial charge in [-0.2, -0.15) is 0 Å². The minimum Gasteiger partial charge on any atom is -0.368 e. The number of hydrogen-bond acceptors (Lipinski definition) is 2. The fraction of sp³-hybridized carbons (Fsp3) is 0.778. The summed E-state index contributed by atoms with van der Waals surface area (Å²) < 4.78 is 0. The van der Waals surface area contributed by atoms with Crippen molar-refractivity contribution in [2.24, 2.45) is 11.7 Å². The molecule has 2 N–H and O–H groups in total. The Morgan fingerprint density at radius 1 is 1.77 bits per heavy atom. The molecule has 4 heteroatoms. The maximum absolute atomic E-state index is 11.4. The van der Waals surface area contributed by atoms with Crippen LogP contribution in [-0.4, -0.2) is 29.3 Å². The van der Waals surface area contributed by atoms with Crippen LogP contribution in [0.15, 0.2) is 0 Å². The molecule has 1 fully saturated rings. The second-order valence-corrected chi connectivity index (χ2v) is 3.68. The zero-order valence-corrected chi connectivity index (χ0v) is 8.12. The summed E-state index contributed by atoms with van der Waals surface area (Å²) in [6.45, 7) is 4.54. The molecule has 1 unspecified atom stereocenters. The summed E-state index contributed by atoms with van der Waals surface area (Å²) >= 11 is 0. The SMILES string of the molecule is CC[C@@H](C(N)=O)N1CC(C)CC1=O. The van der Waals surface area contributed by atoms with Gasteiger partial charge in [0.25, 0.3) is 0 Å². The highest BCUT2D eigenvalue weighted by Gasteiger charge is 2.33. The average molecular weight is 184 g/mol. The van der Waals surface area contributed by atoms with Gasteiger partial charge < -0.3 is 10.6 Å². The molecule has 0 aromatic heterocycles. The molecule has 0 bridgehead atoms. The molecule has 0 aromatic carbocycles. The third kappa shape index (κ3) is 1.99. The van der Waals surface area contributed by atoms with Crippen LogP contribution in [-0.2, 0) is 9.59 Å². The number of amides is 2. The Hall–Kier alpha value is -1.06. The Morgan fingerprint density at radius 3 is 2.69 bits per heavy atom. The van der Waals surface area contributed by atoms with Gasteiger partial charge in [-0.25, -0.2) is 0 Å². The standard InChI is InChI=1S/C9H16N2O2/c1-3-7(9(10)13)11-5-6(2)4-8(11)12/h6-7H,3-5H2,1-2H3,(H2,10,13)/t6?,7-/m0/s1. The number of hydrogen-bond donors (Lipinski definition) is 1. The molecule has 1 aliphatic rings. The zero-order chi connectivity index (χ0) is 10.0. The van der Waals surface area contributed by atoms with Crippen LogP contribution in [0.2, 0.25) is 0 Å². The van der Waals surface area contributed by atoms with Crippen LogP contribution in [0.5, 0.6) is 0 Å². The number of carbonyl (C=O) groups excluding carboxylic acids is 2. The summed E-state index contributed by atoms with van der Waals surface area (Å²) in [5, 5.41) is 0. The van der Waals surface area contributed by atoms with E-state index >= 15 is 0 Å². The van der Waals surface area contributed by atoms with E-state index in [9.17, 15) is 9.59 Å². The molecule has 0 radical (unpaired) electrons. The molecule has 0 aromatic rings. The van der Waals surface area contributed by atoms with Gasteiger partial charge in [-0.1, -0.05) is 13.8 Å². The van der Waals surface area contributed by atoms with Crippen LogP contribution in [0, 0.1) is 5.92 Å². The van der Waals surface area contributed by atoms with Gasteiger partial charge in [0.15, 0.2) is 0 Å². The first-order valence-corrected chi connectivity index (χ1v) is 4.65. The molecule has 1 saturated heterocycles. The smallest absolute Gasteiger partial charge is 0.240 e. The highest BCUT2D eigenvalue weighted by atomic mass is 16.2. The highest BCUT2D eigenvalue weighted by molar-refractivity contribution is 5.87. The lowest BCUT2D eigenvalue weighted by molar-refractivity contribution is -0.136. The van der Waals surface area contributed by atoms with Crippen LogP contribution in [0.4, 0.5) is 0 Å². The third-order valence-electron chi connectivity index (χ3n) is 2.44. The number of carbonyl (C=O) groups is 2. The second-order valence-electron chi connectivity index (χ2n) is 3.68. The van der Waals surface area contributed by atoms with Gasteiger partial charge in [-0.3, -0.25) is 9.59 Å². The van der Waals surface area contributed by atoms with Gasteiger partial charge in [0.05, 0.1) is 0 Å². The maximum Gasteiger partial charge on any atom is 0.240 e. The lowest BCUT2D eigenvalue weighted by Crippen LogP contribution is -2.45. The van der Waals surface area contributed by atoms with Crippen LogP contribution in [0.25, 0.3) is 0 Å². The Labute approximate surface area is 78.1 Å². The molecule has 13 heavy (non-hydrogen) atoms. The topological polar surface area (TPSA) is 63.4 Å². The first-order valence-electron chi connectivity index (χ1n) is 4.65. The van der Waals surface area contributed by atoms with Crippen LogP contribution in [0.3, 0.4) is 0 Å². The molecular formula is C9H16N2O2. The number of likely N-dealkylation sites (tertiary alicyclic amines) is 1. The molecule has 1 heterocycles. The Bertz CT molecular complexity index is 228. The van der Waals surface area contributed by atoms with Crippen molar-refractivity contribution in [1.82, 2.24) is 4.90 Å². The van der Waals surface area contributed by atoms with Crippen LogP contribution >= 0.6 is 0 Å². The minimum atomic E-state index is -0.405. The van der Waals surface area contributed by atoms with E-state index in [4.69, 9.17) is 5.73 Å². The fourth-order valence-corrected chi connectivity index (χ4v) is 1.79. The Balaban J connectivity index is 2.69. The van der Waals surface area contributed by atoms with Gasteiger partial charge >= 0.3 is 0 Å². The van der Waals surface area contributed by atoms with Crippen molar-refractivity contribution in [3.63, 3.8) is 0 Å². The summed E-state index contributed by atoms with van der Waals surface area (Å²) in [4.78, 5) is 24.0. The van der Waals surface area contributed by atoms with Gasteiger partial charge in [-0.15, -0.1) is 0 Å². The van der Waals surface area contributed by atoms with E-state index in [0.29, 0.717) is 25.3 Å².